The third-order valence-electron chi connectivity index (χ3n) is 2.08. The molecule has 6 nitrogen and oxygen atoms in total. The lowest BCUT2D eigenvalue weighted by Crippen LogP contribution is -2.44. The number of nitrogens with one attached hydrogen (secondary N) is 2. The minimum Gasteiger partial charge on any atom is -0.344 e. The van der Waals surface area contributed by atoms with Gasteiger partial charge in [-0.2, -0.15) is 0 Å². The van der Waals surface area contributed by atoms with E-state index in [0.29, 0.717) is 22.7 Å². The molecule has 0 aromatic heterocycles. The van der Waals surface area contributed by atoms with E-state index >= 15 is 0 Å². The number of benzene rings is 1. The summed E-state index contributed by atoms with van der Waals surface area (Å²) in [4.78, 5) is 33.0. The minimum absolute atomic E-state index is 0.0650. The van der Waals surface area contributed by atoms with Gasteiger partial charge >= 0.3 is 0 Å². The van der Waals surface area contributed by atoms with Crippen LogP contribution in [0.3, 0.4) is 0 Å². The van der Waals surface area contributed by atoms with Gasteiger partial charge in [-0.05, 0) is 18.2 Å². The Bertz CT molecular complexity index is 484. The fraction of sp³-hybridized carbons (Fsp3) is 0.273. The number of hydrogen-bond donors (Lipinski definition) is 2. The fourth-order valence-corrected chi connectivity index (χ4v) is 1.96. The Labute approximate surface area is 119 Å². The van der Waals surface area contributed by atoms with Crippen LogP contribution in [0.5, 0.6) is 0 Å². The number of rotatable bonds is 6. The third-order valence-corrected chi connectivity index (χ3v) is 2.90. The van der Waals surface area contributed by atoms with Crippen molar-refractivity contribution in [3.05, 3.63) is 34.2 Å². The monoisotopic (exact) mass is 301 g/mol. The molecule has 0 bridgehead atoms. The Morgan fingerprint density at radius 3 is 2.79 bits per heavy atom. The molecular weight excluding hydrogens is 290 g/mol. The average molecular weight is 302 g/mol. The van der Waals surface area contributed by atoms with Crippen LogP contribution >= 0.6 is 23.5 Å². The van der Waals surface area contributed by atoms with Crippen LogP contribution < -0.4 is 10.6 Å². The summed E-state index contributed by atoms with van der Waals surface area (Å²) in [5.74, 6) is -0.735. The molecule has 2 amide bonds. The van der Waals surface area contributed by atoms with Gasteiger partial charge in [-0.25, -0.2) is 0 Å². The predicted octanol–water partition coefficient (Wildman–Crippen LogP) is 2.20. The van der Waals surface area contributed by atoms with Crippen molar-refractivity contribution in [3.63, 3.8) is 0 Å². The van der Waals surface area contributed by atoms with E-state index in [2.05, 4.69) is 15.2 Å². The van der Waals surface area contributed by atoms with Gasteiger partial charge in [-0.15, -0.1) is 4.91 Å². The van der Waals surface area contributed by atoms with E-state index in [1.54, 1.807) is 24.3 Å². The summed E-state index contributed by atoms with van der Waals surface area (Å²) in [6.45, 7) is 1.29. The van der Waals surface area contributed by atoms with E-state index in [1.165, 1.54) is 6.92 Å². The number of carbonyl (C=O) groups is 2. The highest BCUT2D eigenvalue weighted by molar-refractivity contribution is 7.97. The van der Waals surface area contributed by atoms with Crippen molar-refractivity contribution in [2.45, 2.75) is 13.0 Å². The van der Waals surface area contributed by atoms with Gasteiger partial charge in [0.2, 0.25) is 11.8 Å². The van der Waals surface area contributed by atoms with Crippen LogP contribution in [0.2, 0.25) is 5.02 Å². The highest BCUT2D eigenvalue weighted by Crippen LogP contribution is 2.15. The topological polar surface area (TPSA) is 87.6 Å². The fourth-order valence-electron chi connectivity index (χ4n) is 1.33. The molecular formula is C11H12ClN3O3S. The van der Waals surface area contributed by atoms with Crippen LogP contribution in [0, 0.1) is 4.91 Å². The number of nitroso groups, excluding NO2 is 1. The molecule has 0 spiro atoms. The van der Waals surface area contributed by atoms with E-state index in [4.69, 9.17) is 11.6 Å². The first-order valence-electron chi connectivity index (χ1n) is 5.31. The van der Waals surface area contributed by atoms with Crippen LogP contribution in [0.1, 0.15) is 6.92 Å². The molecule has 2 N–H and O–H groups in total. The number of hydrogen-bond acceptors (Lipinski definition) is 5. The van der Waals surface area contributed by atoms with Crippen molar-refractivity contribution in [3.8, 4) is 0 Å². The van der Waals surface area contributed by atoms with Crippen LogP contribution in [0.4, 0.5) is 5.69 Å². The van der Waals surface area contributed by atoms with Crippen molar-refractivity contribution in [2.24, 2.45) is 4.58 Å². The number of nitrogens with zero attached hydrogens (tertiary/aromatic N) is 1. The third kappa shape index (κ3) is 5.71. The first-order chi connectivity index (χ1) is 9.02. The average Bonchev–Trinajstić information content (AvgIpc) is 2.34. The molecule has 0 saturated carbocycles. The van der Waals surface area contributed by atoms with Gasteiger partial charge < -0.3 is 10.6 Å². The molecule has 1 aromatic rings. The zero-order valence-electron chi connectivity index (χ0n) is 10.1. The second-order valence-corrected chi connectivity index (χ2v) is 4.80. The SMILES string of the molecule is CC(=O)N[C@@H](CSN=O)C(=O)Nc1cccc(Cl)c1. The molecule has 0 aliphatic rings. The van der Waals surface area contributed by atoms with Crippen LogP contribution in [0.25, 0.3) is 0 Å². The number of halogens is 1. The number of carbonyl (C=O) groups excluding carboxylic acids is 2. The Morgan fingerprint density at radius 2 is 2.21 bits per heavy atom. The van der Waals surface area contributed by atoms with Gasteiger partial charge in [-0.1, -0.05) is 17.7 Å². The molecule has 1 aromatic carbocycles. The van der Waals surface area contributed by atoms with Gasteiger partial charge in [0.25, 0.3) is 0 Å². The lowest BCUT2D eigenvalue weighted by Gasteiger charge is -2.15. The zero-order chi connectivity index (χ0) is 14.3. The second-order valence-electron chi connectivity index (χ2n) is 3.62. The van der Waals surface area contributed by atoms with E-state index in [0.717, 1.165) is 0 Å². The molecule has 0 heterocycles. The summed E-state index contributed by atoms with van der Waals surface area (Å²) in [6, 6.07) is 5.77. The summed E-state index contributed by atoms with van der Waals surface area (Å²) in [5, 5.41) is 5.53. The van der Waals surface area contributed by atoms with Gasteiger partial charge in [0.15, 0.2) is 0 Å². The summed E-state index contributed by atoms with van der Waals surface area (Å²) in [5.41, 5.74) is 0.511. The van der Waals surface area contributed by atoms with Crippen molar-refractivity contribution in [1.82, 2.24) is 5.32 Å². The Morgan fingerprint density at radius 1 is 1.47 bits per heavy atom. The van der Waals surface area contributed by atoms with Crippen molar-refractivity contribution < 1.29 is 9.59 Å². The first kappa shape index (κ1) is 15.5. The summed E-state index contributed by atoms with van der Waals surface area (Å²) in [7, 11) is 0. The molecule has 0 saturated heterocycles. The second kappa shape index (κ2) is 7.75. The molecule has 1 rings (SSSR count). The van der Waals surface area contributed by atoms with Crippen molar-refractivity contribution >= 4 is 41.1 Å². The molecule has 102 valence electrons. The quantitative estimate of drug-likeness (QED) is 0.623. The molecule has 8 heteroatoms. The summed E-state index contributed by atoms with van der Waals surface area (Å²) >= 11 is 6.46. The maximum Gasteiger partial charge on any atom is 0.247 e. The zero-order valence-corrected chi connectivity index (χ0v) is 11.6. The smallest absolute Gasteiger partial charge is 0.247 e. The number of anilines is 1. The van der Waals surface area contributed by atoms with Gasteiger partial charge in [0.05, 0.1) is 0 Å². The summed E-state index contributed by atoms with van der Waals surface area (Å²) < 4.78 is 2.60. The highest BCUT2D eigenvalue weighted by Gasteiger charge is 2.20. The normalized spacial score (nSPS) is 11.5. The lowest BCUT2D eigenvalue weighted by molar-refractivity contribution is -0.124. The van der Waals surface area contributed by atoms with Crippen molar-refractivity contribution in [1.29, 1.82) is 0 Å². The largest absolute Gasteiger partial charge is 0.344 e. The van der Waals surface area contributed by atoms with E-state index in [1.807, 2.05) is 0 Å². The van der Waals surface area contributed by atoms with Crippen LogP contribution in [-0.4, -0.2) is 23.6 Å². The van der Waals surface area contributed by atoms with Crippen LogP contribution in [-0.2, 0) is 9.59 Å². The molecule has 1 atom stereocenters. The summed E-state index contributed by atoms with van der Waals surface area (Å²) in [6.07, 6.45) is 0. The molecule has 0 aliphatic heterocycles. The minimum atomic E-state index is -0.834. The van der Waals surface area contributed by atoms with Gasteiger partial charge in [0.1, 0.15) is 6.04 Å². The molecule has 19 heavy (non-hydrogen) atoms. The Hall–Kier alpha value is -1.60. The maximum atomic E-state index is 11.9. The molecule has 0 aliphatic carbocycles. The lowest BCUT2D eigenvalue weighted by atomic mass is 10.2. The standard InChI is InChI=1S/C11H12ClN3O3S/c1-7(16)13-10(6-19-15-18)11(17)14-9-4-2-3-8(12)5-9/h2-5,10H,6H2,1H3,(H,13,16)(H,14,17)/t10-/m0/s1. The van der Waals surface area contributed by atoms with Crippen LogP contribution in [0.15, 0.2) is 28.8 Å². The van der Waals surface area contributed by atoms with Crippen molar-refractivity contribution in [2.75, 3.05) is 11.1 Å². The van der Waals surface area contributed by atoms with E-state index in [-0.39, 0.29) is 11.7 Å². The molecule has 0 unspecified atom stereocenters. The Balaban J connectivity index is 2.70. The molecule has 0 fully saturated rings. The predicted molar refractivity (Wildman–Crippen MR) is 75.9 cm³/mol. The van der Waals surface area contributed by atoms with Gasteiger partial charge in [-0.3, -0.25) is 9.59 Å². The first-order valence-corrected chi connectivity index (χ1v) is 6.63. The van der Waals surface area contributed by atoms with Gasteiger partial charge in [0, 0.05) is 39.9 Å². The number of amides is 2. The maximum absolute atomic E-state index is 11.9. The molecule has 0 radical (unpaired) electrons. The highest BCUT2D eigenvalue weighted by atomic mass is 35.5. The van der Waals surface area contributed by atoms with E-state index in [9.17, 15) is 14.5 Å². The Kier molecular flexibility index (Phi) is 6.31. The van der Waals surface area contributed by atoms with E-state index < -0.39 is 11.9 Å².